The maximum absolute atomic E-state index is 12.3. The number of carbonyl (C=O) groups excluding carboxylic acids is 1. The normalized spacial score (nSPS) is 11.1. The van der Waals surface area contributed by atoms with Crippen molar-refractivity contribution in [1.82, 2.24) is 5.32 Å². The van der Waals surface area contributed by atoms with Gasteiger partial charge in [0, 0.05) is 17.3 Å². The van der Waals surface area contributed by atoms with Crippen molar-refractivity contribution < 1.29 is 17.9 Å². The largest absolute Gasteiger partial charge is 0.495 e. The first-order valence-electron chi connectivity index (χ1n) is 9.01. The van der Waals surface area contributed by atoms with Crippen LogP contribution in [0.5, 0.6) is 5.75 Å². The molecular formula is C20H25ClN2O4S2. The maximum Gasteiger partial charge on any atom is 0.240 e. The molecule has 0 bridgehead atoms. The number of anilines is 1. The first-order chi connectivity index (χ1) is 13.8. The smallest absolute Gasteiger partial charge is 0.240 e. The predicted octanol–water partition coefficient (Wildman–Crippen LogP) is 3.55. The summed E-state index contributed by atoms with van der Waals surface area (Å²) in [5.41, 5.74) is 1.50. The van der Waals surface area contributed by atoms with Gasteiger partial charge in [0.1, 0.15) is 12.3 Å². The number of sulfonamides is 1. The average molecular weight is 457 g/mol. The van der Waals surface area contributed by atoms with E-state index in [0.717, 1.165) is 39.1 Å². The first kappa shape index (κ1) is 23.4. The molecule has 0 heterocycles. The molecule has 6 nitrogen and oxygen atoms in total. The highest BCUT2D eigenvalue weighted by atomic mass is 35.5. The second-order valence-electron chi connectivity index (χ2n) is 6.33. The van der Waals surface area contributed by atoms with E-state index in [1.807, 2.05) is 24.3 Å². The average Bonchev–Trinajstić information content (AvgIpc) is 2.68. The van der Waals surface area contributed by atoms with Gasteiger partial charge in [0.25, 0.3) is 0 Å². The number of amides is 1. The highest BCUT2D eigenvalue weighted by Gasteiger charge is 2.23. The molecule has 0 spiro atoms. The third-order valence-electron chi connectivity index (χ3n) is 3.99. The molecule has 2 rings (SSSR count). The van der Waals surface area contributed by atoms with E-state index < -0.39 is 10.0 Å². The number of methoxy groups -OCH3 is 1. The number of nitrogens with zero attached hydrogens (tertiary/aromatic N) is 1. The molecule has 1 amide bonds. The number of nitrogens with one attached hydrogen (secondary N) is 1. The standard InChI is InChI=1S/C20H25ClN2O4S2/c1-27-19-10-4-3-9-18(19)23(29(2,25)26)14-20(24)22-11-6-12-28-15-16-7-5-8-17(21)13-16/h3-5,7-10,13H,6,11-12,14-15H2,1-2H3,(H,22,24). The number of para-hydroxylation sites is 2. The lowest BCUT2D eigenvalue weighted by Crippen LogP contribution is -2.40. The Balaban J connectivity index is 1.80. The Hall–Kier alpha value is -1.90. The molecule has 0 saturated heterocycles. The van der Waals surface area contributed by atoms with Crippen LogP contribution in [0.1, 0.15) is 12.0 Å². The topological polar surface area (TPSA) is 75.7 Å². The second kappa shape index (κ2) is 11.3. The van der Waals surface area contributed by atoms with Crippen LogP contribution in [0.3, 0.4) is 0 Å². The van der Waals surface area contributed by atoms with Crippen LogP contribution in [0.2, 0.25) is 5.02 Å². The summed E-state index contributed by atoms with van der Waals surface area (Å²) < 4.78 is 30.6. The number of rotatable bonds is 11. The van der Waals surface area contributed by atoms with Crippen LogP contribution in [-0.2, 0) is 20.6 Å². The SMILES string of the molecule is COc1ccccc1N(CC(=O)NCCCSCc1cccc(Cl)c1)S(C)(=O)=O. The molecule has 0 atom stereocenters. The maximum atomic E-state index is 12.3. The zero-order chi connectivity index (χ0) is 21.3. The summed E-state index contributed by atoms with van der Waals surface area (Å²) in [7, 11) is -2.18. The summed E-state index contributed by atoms with van der Waals surface area (Å²) >= 11 is 7.72. The number of hydrogen-bond acceptors (Lipinski definition) is 5. The van der Waals surface area contributed by atoms with Gasteiger partial charge in [-0.25, -0.2) is 8.42 Å². The molecule has 0 saturated carbocycles. The molecule has 0 fully saturated rings. The monoisotopic (exact) mass is 456 g/mol. The van der Waals surface area contributed by atoms with E-state index in [9.17, 15) is 13.2 Å². The lowest BCUT2D eigenvalue weighted by molar-refractivity contribution is -0.119. The Labute approximate surface area is 181 Å². The van der Waals surface area contributed by atoms with Gasteiger partial charge in [-0.3, -0.25) is 9.10 Å². The van der Waals surface area contributed by atoms with Crippen molar-refractivity contribution in [2.24, 2.45) is 0 Å². The van der Waals surface area contributed by atoms with Gasteiger partial charge in [0.05, 0.1) is 19.1 Å². The fourth-order valence-electron chi connectivity index (χ4n) is 2.62. The van der Waals surface area contributed by atoms with Crippen LogP contribution in [0.15, 0.2) is 48.5 Å². The Morgan fingerprint density at radius 2 is 1.97 bits per heavy atom. The zero-order valence-electron chi connectivity index (χ0n) is 16.4. The minimum atomic E-state index is -3.64. The minimum absolute atomic E-state index is 0.297. The molecule has 158 valence electrons. The summed E-state index contributed by atoms with van der Waals surface area (Å²) in [6.07, 6.45) is 1.85. The summed E-state index contributed by atoms with van der Waals surface area (Å²) in [6, 6.07) is 14.4. The molecule has 0 aliphatic heterocycles. The molecule has 2 aromatic carbocycles. The second-order valence-corrected chi connectivity index (χ2v) is 9.78. The fourth-order valence-corrected chi connectivity index (χ4v) is 4.60. The van der Waals surface area contributed by atoms with Crippen LogP contribution in [0.25, 0.3) is 0 Å². The molecule has 0 aliphatic carbocycles. The van der Waals surface area contributed by atoms with Crippen molar-refractivity contribution >= 4 is 45.0 Å². The molecule has 0 aliphatic rings. The van der Waals surface area contributed by atoms with E-state index in [1.54, 1.807) is 36.0 Å². The number of carbonyl (C=O) groups is 1. The van der Waals surface area contributed by atoms with Crippen molar-refractivity contribution in [3.8, 4) is 5.75 Å². The number of thioether (sulfide) groups is 1. The van der Waals surface area contributed by atoms with Crippen LogP contribution in [0.4, 0.5) is 5.69 Å². The van der Waals surface area contributed by atoms with Gasteiger partial charge in [-0.2, -0.15) is 11.8 Å². The van der Waals surface area contributed by atoms with E-state index in [2.05, 4.69) is 5.32 Å². The number of hydrogen-bond donors (Lipinski definition) is 1. The Morgan fingerprint density at radius 1 is 1.21 bits per heavy atom. The van der Waals surface area contributed by atoms with Crippen LogP contribution in [-0.4, -0.2) is 46.5 Å². The molecule has 0 radical (unpaired) electrons. The van der Waals surface area contributed by atoms with E-state index >= 15 is 0 Å². The molecular weight excluding hydrogens is 432 g/mol. The van der Waals surface area contributed by atoms with E-state index in [4.69, 9.17) is 16.3 Å². The fraction of sp³-hybridized carbons (Fsp3) is 0.350. The van der Waals surface area contributed by atoms with Crippen molar-refractivity contribution in [3.05, 3.63) is 59.1 Å². The third-order valence-corrected chi connectivity index (χ3v) is 6.46. The first-order valence-corrected chi connectivity index (χ1v) is 12.4. The number of ether oxygens (including phenoxy) is 1. The zero-order valence-corrected chi connectivity index (χ0v) is 18.8. The summed E-state index contributed by atoms with van der Waals surface area (Å²) in [4.78, 5) is 12.3. The summed E-state index contributed by atoms with van der Waals surface area (Å²) in [5.74, 6) is 1.75. The molecule has 0 aromatic heterocycles. The lowest BCUT2D eigenvalue weighted by atomic mass is 10.2. The highest BCUT2D eigenvalue weighted by molar-refractivity contribution is 7.98. The summed E-state index contributed by atoms with van der Waals surface area (Å²) in [5, 5.41) is 3.50. The van der Waals surface area contributed by atoms with Gasteiger partial charge in [-0.1, -0.05) is 35.9 Å². The summed E-state index contributed by atoms with van der Waals surface area (Å²) in [6.45, 7) is 0.180. The Morgan fingerprint density at radius 3 is 2.66 bits per heavy atom. The van der Waals surface area contributed by atoms with Crippen molar-refractivity contribution in [2.45, 2.75) is 12.2 Å². The van der Waals surface area contributed by atoms with Gasteiger partial charge in [-0.05, 0) is 42.0 Å². The van der Waals surface area contributed by atoms with Crippen LogP contribution < -0.4 is 14.4 Å². The van der Waals surface area contributed by atoms with Gasteiger partial charge < -0.3 is 10.1 Å². The molecule has 29 heavy (non-hydrogen) atoms. The van der Waals surface area contributed by atoms with Crippen LogP contribution >= 0.6 is 23.4 Å². The Bertz CT molecular complexity index is 922. The minimum Gasteiger partial charge on any atom is -0.495 e. The lowest BCUT2D eigenvalue weighted by Gasteiger charge is -2.23. The molecule has 2 aromatic rings. The highest BCUT2D eigenvalue weighted by Crippen LogP contribution is 2.29. The molecule has 1 N–H and O–H groups in total. The van der Waals surface area contributed by atoms with E-state index in [0.29, 0.717) is 18.0 Å². The number of halogens is 1. The van der Waals surface area contributed by atoms with Gasteiger partial charge in [0.2, 0.25) is 15.9 Å². The van der Waals surface area contributed by atoms with Crippen molar-refractivity contribution in [3.63, 3.8) is 0 Å². The third kappa shape index (κ3) is 7.79. The van der Waals surface area contributed by atoms with Gasteiger partial charge >= 0.3 is 0 Å². The van der Waals surface area contributed by atoms with Crippen molar-refractivity contribution in [2.75, 3.05) is 36.5 Å². The van der Waals surface area contributed by atoms with Gasteiger partial charge in [-0.15, -0.1) is 0 Å². The predicted molar refractivity (Wildman–Crippen MR) is 120 cm³/mol. The van der Waals surface area contributed by atoms with Crippen LogP contribution in [0, 0.1) is 0 Å². The molecule has 0 unspecified atom stereocenters. The van der Waals surface area contributed by atoms with Gasteiger partial charge in [0.15, 0.2) is 0 Å². The van der Waals surface area contributed by atoms with Crippen molar-refractivity contribution in [1.29, 1.82) is 0 Å². The Kier molecular flexibility index (Phi) is 9.13. The quantitative estimate of drug-likeness (QED) is 0.523. The van der Waals surface area contributed by atoms with E-state index in [1.165, 1.54) is 7.11 Å². The van der Waals surface area contributed by atoms with E-state index in [-0.39, 0.29) is 12.5 Å². The number of benzene rings is 2. The molecule has 9 heteroatoms.